The number of hydrogen-bond donors (Lipinski definition) is 1. The van der Waals surface area contributed by atoms with Crippen LogP contribution in [0.5, 0.6) is 0 Å². The Labute approximate surface area is 111 Å². The predicted octanol–water partition coefficient (Wildman–Crippen LogP) is 1.59. The molecule has 4 nitrogen and oxygen atoms in total. The van der Waals surface area contributed by atoms with Crippen LogP contribution in [0.15, 0.2) is 0 Å². The van der Waals surface area contributed by atoms with Gasteiger partial charge in [-0.1, -0.05) is 12.8 Å². The smallest absolute Gasteiger partial charge is 0.154 e. The first-order valence-electron chi connectivity index (χ1n) is 6.96. The van der Waals surface area contributed by atoms with Crippen molar-refractivity contribution in [3.8, 4) is 0 Å². The monoisotopic (exact) mass is 277 g/mol. The first-order chi connectivity index (χ1) is 8.47. The molecule has 0 radical (unpaired) electrons. The summed E-state index contributed by atoms with van der Waals surface area (Å²) in [4.78, 5) is 0. The third kappa shape index (κ3) is 4.86. The summed E-state index contributed by atoms with van der Waals surface area (Å²) in [6.07, 6.45) is 4.86. The van der Waals surface area contributed by atoms with E-state index in [-0.39, 0.29) is 11.0 Å². The second-order valence-corrected chi connectivity index (χ2v) is 8.21. The van der Waals surface area contributed by atoms with E-state index in [1.54, 1.807) is 13.8 Å². The van der Waals surface area contributed by atoms with Crippen LogP contribution in [0.25, 0.3) is 0 Å². The number of nitrogens with two attached hydrogens (primary N) is 1. The fraction of sp³-hybridized carbons (Fsp3) is 1.00. The molecule has 2 N–H and O–H groups in total. The highest BCUT2D eigenvalue weighted by molar-refractivity contribution is 7.91. The average Bonchev–Trinajstić information content (AvgIpc) is 2.35. The van der Waals surface area contributed by atoms with Gasteiger partial charge < -0.3 is 10.5 Å². The van der Waals surface area contributed by atoms with Crippen LogP contribution in [0, 0.1) is 11.8 Å². The Kier molecular flexibility index (Phi) is 6.60. The predicted molar refractivity (Wildman–Crippen MR) is 74.2 cm³/mol. The summed E-state index contributed by atoms with van der Waals surface area (Å²) in [5.74, 6) is 1.20. The second-order valence-electron chi connectivity index (χ2n) is 5.53. The molecule has 0 aromatic rings. The number of rotatable bonds is 7. The molecule has 0 aromatic carbocycles. The van der Waals surface area contributed by atoms with Crippen molar-refractivity contribution < 1.29 is 13.2 Å². The highest BCUT2D eigenvalue weighted by atomic mass is 32.2. The van der Waals surface area contributed by atoms with Crippen LogP contribution >= 0.6 is 0 Å². The number of ether oxygens (including phenoxy) is 1. The molecule has 5 heteroatoms. The van der Waals surface area contributed by atoms with Crippen LogP contribution in [0.3, 0.4) is 0 Å². The Morgan fingerprint density at radius 3 is 2.39 bits per heavy atom. The van der Waals surface area contributed by atoms with E-state index in [1.807, 2.05) is 0 Å². The standard InChI is InChI=1S/C13H27NO3S/c1-11(2)18(15,16)8-7-17-10-13-6-4-3-5-12(13)9-14/h11-13H,3-10,14H2,1-2H3. The molecule has 1 rings (SSSR count). The van der Waals surface area contributed by atoms with E-state index < -0.39 is 9.84 Å². The van der Waals surface area contributed by atoms with Gasteiger partial charge in [0.05, 0.1) is 17.6 Å². The van der Waals surface area contributed by atoms with Crippen molar-refractivity contribution in [3.05, 3.63) is 0 Å². The molecule has 1 aliphatic carbocycles. The highest BCUT2D eigenvalue weighted by Crippen LogP contribution is 2.29. The Balaban J connectivity index is 2.25. The van der Waals surface area contributed by atoms with E-state index in [0.717, 1.165) is 6.54 Å². The zero-order valence-corrected chi connectivity index (χ0v) is 12.4. The third-order valence-corrected chi connectivity index (χ3v) is 6.10. The fourth-order valence-electron chi connectivity index (χ4n) is 2.46. The van der Waals surface area contributed by atoms with E-state index in [4.69, 9.17) is 10.5 Å². The van der Waals surface area contributed by atoms with Crippen LogP contribution in [-0.2, 0) is 14.6 Å². The Morgan fingerprint density at radius 1 is 1.22 bits per heavy atom. The molecule has 0 spiro atoms. The molecule has 108 valence electrons. The van der Waals surface area contributed by atoms with Gasteiger partial charge in [0.1, 0.15) is 0 Å². The van der Waals surface area contributed by atoms with Crippen LogP contribution in [0.4, 0.5) is 0 Å². The Morgan fingerprint density at radius 2 is 1.83 bits per heavy atom. The van der Waals surface area contributed by atoms with Crippen LogP contribution in [0.1, 0.15) is 39.5 Å². The van der Waals surface area contributed by atoms with Crippen LogP contribution in [0.2, 0.25) is 0 Å². The summed E-state index contributed by atoms with van der Waals surface area (Å²) in [7, 11) is -2.97. The van der Waals surface area contributed by atoms with E-state index in [1.165, 1.54) is 25.7 Å². The molecule has 0 aromatic heterocycles. The Hall–Kier alpha value is -0.130. The quantitative estimate of drug-likeness (QED) is 0.718. The van der Waals surface area contributed by atoms with Gasteiger partial charge in [-0.05, 0) is 45.1 Å². The van der Waals surface area contributed by atoms with Gasteiger partial charge in [0.15, 0.2) is 9.84 Å². The third-order valence-electron chi connectivity index (χ3n) is 3.93. The molecule has 2 atom stereocenters. The lowest BCUT2D eigenvalue weighted by Gasteiger charge is -2.30. The van der Waals surface area contributed by atoms with Gasteiger partial charge in [0.2, 0.25) is 0 Å². The molecular formula is C13H27NO3S. The molecule has 1 aliphatic rings. The lowest BCUT2D eigenvalue weighted by Crippen LogP contribution is -2.30. The summed E-state index contributed by atoms with van der Waals surface area (Å²) in [6.45, 7) is 5.12. The molecule has 18 heavy (non-hydrogen) atoms. The molecule has 0 saturated heterocycles. The number of hydrogen-bond acceptors (Lipinski definition) is 4. The summed E-state index contributed by atoms with van der Waals surface area (Å²) in [5.41, 5.74) is 5.76. The zero-order chi connectivity index (χ0) is 13.6. The van der Waals surface area contributed by atoms with Gasteiger partial charge in [-0.25, -0.2) is 8.42 Å². The largest absolute Gasteiger partial charge is 0.380 e. The van der Waals surface area contributed by atoms with E-state index in [2.05, 4.69) is 0 Å². The lowest BCUT2D eigenvalue weighted by atomic mass is 9.80. The molecule has 1 fully saturated rings. The van der Waals surface area contributed by atoms with Crippen molar-refractivity contribution in [1.29, 1.82) is 0 Å². The molecule has 0 amide bonds. The van der Waals surface area contributed by atoms with Crippen molar-refractivity contribution in [1.82, 2.24) is 0 Å². The van der Waals surface area contributed by atoms with Crippen molar-refractivity contribution >= 4 is 9.84 Å². The molecule has 0 aliphatic heterocycles. The summed E-state index contributed by atoms with van der Waals surface area (Å²) < 4.78 is 28.8. The minimum atomic E-state index is -2.97. The Bertz CT molecular complexity index is 327. The molecule has 2 unspecified atom stereocenters. The first kappa shape index (κ1) is 15.9. The van der Waals surface area contributed by atoms with Crippen molar-refractivity contribution in [3.63, 3.8) is 0 Å². The van der Waals surface area contributed by atoms with Crippen molar-refractivity contribution in [2.24, 2.45) is 17.6 Å². The van der Waals surface area contributed by atoms with Crippen LogP contribution < -0.4 is 5.73 Å². The van der Waals surface area contributed by atoms with Gasteiger partial charge in [-0.15, -0.1) is 0 Å². The number of sulfone groups is 1. The van der Waals surface area contributed by atoms with Crippen molar-refractivity contribution in [2.45, 2.75) is 44.8 Å². The van der Waals surface area contributed by atoms with E-state index in [0.29, 0.717) is 25.0 Å². The fourth-order valence-corrected chi connectivity index (χ4v) is 3.28. The summed E-state index contributed by atoms with van der Waals surface area (Å²) >= 11 is 0. The maximum absolute atomic E-state index is 11.6. The normalized spacial score (nSPS) is 25.6. The summed E-state index contributed by atoms with van der Waals surface area (Å²) in [5, 5.41) is -0.312. The van der Waals surface area contributed by atoms with Crippen molar-refractivity contribution in [2.75, 3.05) is 25.5 Å². The molecule has 0 heterocycles. The topological polar surface area (TPSA) is 69.4 Å². The van der Waals surface area contributed by atoms with Gasteiger partial charge in [0.25, 0.3) is 0 Å². The van der Waals surface area contributed by atoms with E-state index >= 15 is 0 Å². The van der Waals surface area contributed by atoms with Gasteiger partial charge in [0, 0.05) is 6.61 Å². The lowest BCUT2D eigenvalue weighted by molar-refractivity contribution is 0.0695. The van der Waals surface area contributed by atoms with Crippen LogP contribution in [-0.4, -0.2) is 39.2 Å². The highest BCUT2D eigenvalue weighted by Gasteiger charge is 2.24. The minimum absolute atomic E-state index is 0.130. The zero-order valence-electron chi connectivity index (χ0n) is 11.6. The maximum atomic E-state index is 11.6. The SMILES string of the molecule is CC(C)S(=O)(=O)CCOCC1CCCCC1CN. The van der Waals surface area contributed by atoms with Gasteiger partial charge >= 0.3 is 0 Å². The van der Waals surface area contributed by atoms with Gasteiger partial charge in [-0.2, -0.15) is 0 Å². The molecule has 1 saturated carbocycles. The first-order valence-corrected chi connectivity index (χ1v) is 8.68. The second kappa shape index (κ2) is 7.46. The van der Waals surface area contributed by atoms with E-state index in [9.17, 15) is 8.42 Å². The average molecular weight is 277 g/mol. The molecule has 0 bridgehead atoms. The maximum Gasteiger partial charge on any atom is 0.154 e. The van der Waals surface area contributed by atoms with Gasteiger partial charge in [-0.3, -0.25) is 0 Å². The molecular weight excluding hydrogens is 250 g/mol. The minimum Gasteiger partial charge on any atom is -0.380 e. The summed E-state index contributed by atoms with van der Waals surface area (Å²) in [6, 6.07) is 0.